The summed E-state index contributed by atoms with van der Waals surface area (Å²) in [6.07, 6.45) is 7.25. The molecule has 1 heterocycles. The number of hydrogen-bond donors (Lipinski definition) is 1. The Hall–Kier alpha value is -0.480. The maximum atomic E-state index is 4.20. The summed E-state index contributed by atoms with van der Waals surface area (Å²) in [6.45, 7) is 6.31. The van der Waals surface area contributed by atoms with Gasteiger partial charge in [0.1, 0.15) is 5.82 Å². The summed E-state index contributed by atoms with van der Waals surface area (Å²) in [4.78, 5) is 4.20. The van der Waals surface area contributed by atoms with Gasteiger partial charge in [0.25, 0.3) is 0 Å². The van der Waals surface area contributed by atoms with E-state index in [4.69, 9.17) is 0 Å². The molecule has 4 heteroatoms. The molecule has 0 fully saturated rings. The molecule has 0 amide bonds. The van der Waals surface area contributed by atoms with Crippen LogP contribution in [0.4, 0.5) is 0 Å². The van der Waals surface area contributed by atoms with Gasteiger partial charge in [-0.05, 0) is 19.6 Å². The van der Waals surface area contributed by atoms with Gasteiger partial charge in [-0.3, -0.25) is 0 Å². The molecule has 1 N–H and O–H groups in total. The minimum atomic E-state index is 0.642. The fraction of sp³-hybridized carbons (Fsp3) is 0.727. The van der Waals surface area contributed by atoms with Crippen molar-refractivity contribution in [3.8, 4) is 0 Å². The van der Waals surface area contributed by atoms with E-state index in [-0.39, 0.29) is 0 Å². The van der Waals surface area contributed by atoms with E-state index in [0.29, 0.717) is 6.04 Å². The van der Waals surface area contributed by atoms with Gasteiger partial charge in [-0.25, -0.2) is 4.98 Å². The van der Waals surface area contributed by atoms with Crippen molar-refractivity contribution in [1.29, 1.82) is 0 Å². The van der Waals surface area contributed by atoms with Crippen molar-refractivity contribution in [2.24, 2.45) is 0 Å². The van der Waals surface area contributed by atoms with Crippen LogP contribution in [0.3, 0.4) is 0 Å². The molecular formula is C11H21N3S. The van der Waals surface area contributed by atoms with E-state index >= 15 is 0 Å². The summed E-state index contributed by atoms with van der Waals surface area (Å²) in [6, 6.07) is 0.642. The minimum Gasteiger partial charge on any atom is -0.334 e. The lowest BCUT2D eigenvalue weighted by molar-refractivity contribution is 0.506. The zero-order chi connectivity index (χ0) is 11.1. The van der Waals surface area contributed by atoms with Crippen LogP contribution in [-0.2, 0) is 6.54 Å². The third-order valence-electron chi connectivity index (χ3n) is 2.57. The molecule has 1 unspecified atom stereocenters. The minimum absolute atomic E-state index is 0.642. The van der Waals surface area contributed by atoms with Crippen LogP contribution in [0.5, 0.6) is 0 Å². The zero-order valence-corrected chi connectivity index (χ0v) is 10.7. The summed E-state index contributed by atoms with van der Waals surface area (Å²) in [5, 5.41) is 3.57. The predicted octanol–water partition coefficient (Wildman–Crippen LogP) is 1.92. The third kappa shape index (κ3) is 4.26. The molecule has 0 spiro atoms. The predicted molar refractivity (Wildman–Crippen MR) is 67.4 cm³/mol. The van der Waals surface area contributed by atoms with E-state index in [2.05, 4.69) is 28.0 Å². The topological polar surface area (TPSA) is 29.9 Å². The SMILES string of the molecule is CCC(CSC)NCCn1ccnc1C. The number of imidazole rings is 1. The number of nitrogens with one attached hydrogen (secondary N) is 1. The Morgan fingerprint density at radius 2 is 2.40 bits per heavy atom. The average molecular weight is 227 g/mol. The van der Waals surface area contributed by atoms with Gasteiger partial charge in [0.2, 0.25) is 0 Å². The molecule has 0 saturated heterocycles. The smallest absolute Gasteiger partial charge is 0.105 e. The molecule has 15 heavy (non-hydrogen) atoms. The van der Waals surface area contributed by atoms with Crippen LogP contribution in [0.15, 0.2) is 12.4 Å². The summed E-state index contributed by atoms with van der Waals surface area (Å²) in [5.74, 6) is 2.29. The molecule has 0 aliphatic carbocycles. The number of hydrogen-bond acceptors (Lipinski definition) is 3. The van der Waals surface area contributed by atoms with Crippen molar-refractivity contribution < 1.29 is 0 Å². The molecule has 0 aliphatic heterocycles. The summed E-state index contributed by atoms with van der Waals surface area (Å²) < 4.78 is 2.18. The molecule has 1 aromatic rings. The van der Waals surface area contributed by atoms with Crippen LogP contribution in [0.25, 0.3) is 0 Å². The Bertz CT molecular complexity index is 273. The number of aryl methyl sites for hydroxylation is 1. The Kier molecular flexibility index (Phi) is 5.79. The molecule has 0 aliphatic rings. The molecule has 3 nitrogen and oxygen atoms in total. The molecule has 1 atom stereocenters. The molecular weight excluding hydrogens is 206 g/mol. The highest BCUT2D eigenvalue weighted by Gasteiger charge is 2.03. The molecule has 1 rings (SSSR count). The Morgan fingerprint density at radius 3 is 2.93 bits per heavy atom. The van der Waals surface area contributed by atoms with E-state index in [1.54, 1.807) is 0 Å². The van der Waals surface area contributed by atoms with E-state index in [1.807, 2.05) is 31.1 Å². The Morgan fingerprint density at radius 1 is 1.60 bits per heavy atom. The van der Waals surface area contributed by atoms with Crippen molar-refractivity contribution in [3.63, 3.8) is 0 Å². The van der Waals surface area contributed by atoms with Gasteiger partial charge in [0.15, 0.2) is 0 Å². The number of nitrogens with zero attached hydrogens (tertiary/aromatic N) is 2. The second kappa shape index (κ2) is 6.90. The third-order valence-corrected chi connectivity index (χ3v) is 3.31. The van der Waals surface area contributed by atoms with Gasteiger partial charge in [-0.1, -0.05) is 6.92 Å². The Balaban J connectivity index is 2.23. The summed E-state index contributed by atoms with van der Waals surface area (Å²) >= 11 is 1.90. The van der Waals surface area contributed by atoms with Gasteiger partial charge in [-0.15, -0.1) is 0 Å². The van der Waals surface area contributed by atoms with E-state index in [1.165, 1.54) is 12.2 Å². The van der Waals surface area contributed by atoms with Crippen LogP contribution < -0.4 is 5.32 Å². The van der Waals surface area contributed by atoms with E-state index in [0.717, 1.165) is 18.9 Å². The van der Waals surface area contributed by atoms with Crippen LogP contribution >= 0.6 is 11.8 Å². The largest absolute Gasteiger partial charge is 0.334 e. The van der Waals surface area contributed by atoms with Crippen molar-refractivity contribution in [2.75, 3.05) is 18.6 Å². The van der Waals surface area contributed by atoms with E-state index in [9.17, 15) is 0 Å². The first-order chi connectivity index (χ1) is 7.27. The highest BCUT2D eigenvalue weighted by molar-refractivity contribution is 7.98. The lowest BCUT2D eigenvalue weighted by Crippen LogP contribution is -2.33. The Labute approximate surface area is 96.7 Å². The molecule has 86 valence electrons. The highest BCUT2D eigenvalue weighted by Crippen LogP contribution is 2.01. The van der Waals surface area contributed by atoms with Crippen LogP contribution in [0, 0.1) is 6.92 Å². The maximum absolute atomic E-state index is 4.20. The van der Waals surface area contributed by atoms with Crippen molar-refractivity contribution in [3.05, 3.63) is 18.2 Å². The molecule has 0 saturated carbocycles. The first-order valence-electron chi connectivity index (χ1n) is 5.48. The number of rotatable bonds is 7. The zero-order valence-electron chi connectivity index (χ0n) is 9.86. The van der Waals surface area contributed by atoms with Crippen molar-refractivity contribution >= 4 is 11.8 Å². The fourth-order valence-electron chi connectivity index (χ4n) is 1.55. The standard InChI is InChI=1S/C11H21N3S/c1-4-11(9-15-3)13-6-8-14-7-5-12-10(14)2/h5,7,11,13H,4,6,8-9H2,1-3H3. The molecule has 0 aromatic carbocycles. The lowest BCUT2D eigenvalue weighted by Gasteiger charge is -2.16. The van der Waals surface area contributed by atoms with Crippen LogP contribution in [-0.4, -0.2) is 34.1 Å². The van der Waals surface area contributed by atoms with Gasteiger partial charge in [0, 0.05) is 37.3 Å². The summed E-state index contributed by atoms with van der Waals surface area (Å²) in [7, 11) is 0. The van der Waals surface area contributed by atoms with Crippen LogP contribution in [0.2, 0.25) is 0 Å². The van der Waals surface area contributed by atoms with Crippen LogP contribution in [0.1, 0.15) is 19.2 Å². The maximum Gasteiger partial charge on any atom is 0.105 e. The first kappa shape index (κ1) is 12.6. The van der Waals surface area contributed by atoms with Gasteiger partial charge in [0.05, 0.1) is 0 Å². The van der Waals surface area contributed by atoms with E-state index < -0.39 is 0 Å². The molecule has 0 bridgehead atoms. The summed E-state index contributed by atoms with van der Waals surface area (Å²) in [5.41, 5.74) is 0. The van der Waals surface area contributed by atoms with Gasteiger partial charge in [-0.2, -0.15) is 11.8 Å². The number of thioether (sulfide) groups is 1. The highest BCUT2D eigenvalue weighted by atomic mass is 32.2. The lowest BCUT2D eigenvalue weighted by atomic mass is 10.2. The van der Waals surface area contributed by atoms with Crippen molar-refractivity contribution in [2.45, 2.75) is 32.9 Å². The van der Waals surface area contributed by atoms with Gasteiger partial charge < -0.3 is 9.88 Å². The molecule has 0 radical (unpaired) electrons. The van der Waals surface area contributed by atoms with Gasteiger partial charge >= 0.3 is 0 Å². The second-order valence-corrected chi connectivity index (χ2v) is 4.59. The normalized spacial score (nSPS) is 13.0. The molecule has 1 aromatic heterocycles. The quantitative estimate of drug-likeness (QED) is 0.772. The first-order valence-corrected chi connectivity index (χ1v) is 6.87. The fourth-order valence-corrected chi connectivity index (χ4v) is 2.31. The van der Waals surface area contributed by atoms with Crippen molar-refractivity contribution in [1.82, 2.24) is 14.9 Å². The second-order valence-electron chi connectivity index (χ2n) is 3.68. The average Bonchev–Trinajstić information content (AvgIpc) is 2.63. The number of aromatic nitrogens is 2. The monoisotopic (exact) mass is 227 g/mol.